The minimum absolute atomic E-state index is 0.181. The van der Waals surface area contributed by atoms with Gasteiger partial charge in [0.25, 0.3) is 0 Å². The molecule has 1 aliphatic carbocycles. The number of rotatable bonds is 0. The van der Waals surface area contributed by atoms with E-state index in [1.807, 2.05) is 19.1 Å². The molecular weight excluding hydrogens is 289 g/mol. The third kappa shape index (κ3) is 2.51. The SMILES string of the molecule is CC1=NCC2=C(O1)c1cc(C)c(F)cc1C(C)CC=C2Cl. The molecule has 1 aliphatic heterocycles. The van der Waals surface area contributed by atoms with E-state index < -0.39 is 0 Å². The van der Waals surface area contributed by atoms with E-state index in [1.165, 1.54) is 0 Å². The summed E-state index contributed by atoms with van der Waals surface area (Å²) in [5.74, 6) is 1.33. The van der Waals surface area contributed by atoms with Gasteiger partial charge in [-0.1, -0.05) is 24.6 Å². The van der Waals surface area contributed by atoms with Crippen molar-refractivity contribution in [1.82, 2.24) is 0 Å². The zero-order chi connectivity index (χ0) is 15.1. The van der Waals surface area contributed by atoms with Gasteiger partial charge in [-0.3, -0.25) is 4.99 Å². The molecule has 1 unspecified atom stereocenters. The van der Waals surface area contributed by atoms with Gasteiger partial charge in [-0.05, 0) is 42.5 Å². The molecule has 1 aromatic carbocycles. The van der Waals surface area contributed by atoms with Gasteiger partial charge in [0.15, 0.2) is 5.90 Å². The molecule has 1 atom stereocenters. The quantitative estimate of drug-likeness (QED) is 0.666. The highest BCUT2D eigenvalue weighted by Crippen LogP contribution is 2.39. The lowest BCUT2D eigenvalue weighted by Gasteiger charge is -2.26. The summed E-state index contributed by atoms with van der Waals surface area (Å²) in [7, 11) is 0. The molecule has 21 heavy (non-hydrogen) atoms. The average Bonchev–Trinajstić information content (AvgIpc) is 2.45. The van der Waals surface area contributed by atoms with Crippen LogP contribution >= 0.6 is 11.6 Å². The first-order valence-corrected chi connectivity index (χ1v) is 7.43. The number of hydrogen-bond acceptors (Lipinski definition) is 2. The molecule has 110 valence electrons. The van der Waals surface area contributed by atoms with Gasteiger partial charge in [-0.15, -0.1) is 0 Å². The molecule has 0 aromatic heterocycles. The molecule has 0 fully saturated rings. The van der Waals surface area contributed by atoms with Crippen molar-refractivity contribution in [3.8, 4) is 0 Å². The highest BCUT2D eigenvalue weighted by molar-refractivity contribution is 6.32. The summed E-state index contributed by atoms with van der Waals surface area (Å²) >= 11 is 6.40. The highest BCUT2D eigenvalue weighted by atomic mass is 35.5. The van der Waals surface area contributed by atoms with Crippen LogP contribution in [0, 0.1) is 12.7 Å². The van der Waals surface area contributed by atoms with Crippen LogP contribution in [0.4, 0.5) is 4.39 Å². The molecule has 1 heterocycles. The van der Waals surface area contributed by atoms with Gasteiger partial charge in [-0.2, -0.15) is 0 Å². The number of nitrogens with zero attached hydrogens (tertiary/aromatic N) is 1. The number of fused-ring (bicyclic) bond motifs is 2. The Kier molecular flexibility index (Phi) is 3.62. The van der Waals surface area contributed by atoms with E-state index in [9.17, 15) is 4.39 Å². The molecule has 2 nitrogen and oxygen atoms in total. The van der Waals surface area contributed by atoms with Crippen LogP contribution < -0.4 is 0 Å². The van der Waals surface area contributed by atoms with Crippen LogP contribution in [-0.4, -0.2) is 12.4 Å². The number of hydrogen-bond donors (Lipinski definition) is 0. The molecule has 0 N–H and O–H groups in total. The van der Waals surface area contributed by atoms with E-state index in [1.54, 1.807) is 13.0 Å². The fraction of sp³-hybridized carbons (Fsp3) is 0.353. The second-order valence-corrected chi connectivity index (χ2v) is 6.03. The van der Waals surface area contributed by atoms with Crippen LogP contribution in [0.1, 0.15) is 42.9 Å². The molecule has 0 spiro atoms. The van der Waals surface area contributed by atoms with E-state index in [2.05, 4.69) is 11.9 Å². The van der Waals surface area contributed by atoms with Crippen molar-refractivity contribution in [3.63, 3.8) is 0 Å². The Morgan fingerprint density at radius 2 is 2.10 bits per heavy atom. The lowest BCUT2D eigenvalue weighted by Crippen LogP contribution is -2.15. The highest BCUT2D eigenvalue weighted by Gasteiger charge is 2.26. The largest absolute Gasteiger partial charge is 0.443 e. The molecule has 0 saturated carbocycles. The van der Waals surface area contributed by atoms with Crippen LogP contribution in [-0.2, 0) is 4.74 Å². The molecular formula is C17H17ClFNO. The monoisotopic (exact) mass is 305 g/mol. The van der Waals surface area contributed by atoms with Gasteiger partial charge in [0, 0.05) is 23.1 Å². The Hall–Kier alpha value is -1.61. The summed E-state index contributed by atoms with van der Waals surface area (Å²) in [5.41, 5.74) is 3.37. The van der Waals surface area contributed by atoms with E-state index in [-0.39, 0.29) is 11.7 Å². The van der Waals surface area contributed by atoms with Gasteiger partial charge < -0.3 is 4.74 Å². The molecule has 0 amide bonds. The third-order valence-corrected chi connectivity index (χ3v) is 4.41. The maximum Gasteiger partial charge on any atom is 0.187 e. The smallest absolute Gasteiger partial charge is 0.187 e. The van der Waals surface area contributed by atoms with Gasteiger partial charge in [0.05, 0.1) is 6.54 Å². The van der Waals surface area contributed by atoms with Crippen LogP contribution in [0.3, 0.4) is 0 Å². The maximum absolute atomic E-state index is 14.0. The van der Waals surface area contributed by atoms with Gasteiger partial charge in [0.1, 0.15) is 11.6 Å². The van der Waals surface area contributed by atoms with Crippen LogP contribution in [0.25, 0.3) is 5.76 Å². The number of allylic oxidation sites excluding steroid dienone is 1. The van der Waals surface area contributed by atoms with Crippen LogP contribution in [0.15, 0.2) is 33.8 Å². The van der Waals surface area contributed by atoms with Crippen LogP contribution in [0.5, 0.6) is 0 Å². The minimum atomic E-state index is -0.181. The Balaban J connectivity index is 2.27. The normalized spacial score (nSPS) is 21.5. The molecule has 1 aromatic rings. The first-order chi connectivity index (χ1) is 9.97. The van der Waals surface area contributed by atoms with Crippen molar-refractivity contribution >= 4 is 23.3 Å². The number of benzene rings is 1. The number of halogens is 2. The number of aliphatic imine (C=N–C) groups is 1. The summed E-state index contributed by atoms with van der Waals surface area (Å²) in [4.78, 5) is 4.31. The van der Waals surface area contributed by atoms with Gasteiger partial charge in [-0.25, -0.2) is 4.39 Å². The lowest BCUT2D eigenvalue weighted by molar-refractivity contribution is 0.483. The van der Waals surface area contributed by atoms with E-state index in [0.717, 1.165) is 23.1 Å². The first kappa shape index (κ1) is 14.3. The summed E-state index contributed by atoms with van der Waals surface area (Å²) in [6, 6.07) is 3.47. The Morgan fingerprint density at radius 1 is 1.33 bits per heavy atom. The second kappa shape index (κ2) is 5.30. The molecule has 3 rings (SSSR count). The molecule has 2 aliphatic rings. The van der Waals surface area contributed by atoms with Crippen molar-refractivity contribution < 1.29 is 9.13 Å². The predicted octanol–water partition coefficient (Wildman–Crippen LogP) is 4.92. The lowest BCUT2D eigenvalue weighted by atomic mass is 9.87. The maximum atomic E-state index is 14.0. The molecule has 0 saturated heterocycles. The van der Waals surface area contributed by atoms with Gasteiger partial charge >= 0.3 is 0 Å². The Labute approximate surface area is 129 Å². The standard InChI is InChI=1S/C17H17ClFNO/c1-9-4-5-15(18)14-8-20-11(3)21-17(14)13-6-10(2)16(19)7-12(9)13/h5-7,9H,4,8H2,1-3H3. The van der Waals surface area contributed by atoms with E-state index in [0.29, 0.717) is 28.8 Å². The first-order valence-electron chi connectivity index (χ1n) is 7.06. The van der Waals surface area contributed by atoms with E-state index >= 15 is 0 Å². The molecule has 4 heteroatoms. The summed E-state index contributed by atoms with van der Waals surface area (Å²) < 4.78 is 19.8. The molecule has 0 bridgehead atoms. The number of aryl methyl sites for hydroxylation is 1. The van der Waals surface area contributed by atoms with Crippen molar-refractivity contribution in [2.24, 2.45) is 4.99 Å². The van der Waals surface area contributed by atoms with Crippen molar-refractivity contribution in [2.75, 3.05) is 6.54 Å². The summed E-state index contributed by atoms with van der Waals surface area (Å²) in [5, 5.41) is 0.681. The fourth-order valence-electron chi connectivity index (χ4n) is 2.74. The van der Waals surface area contributed by atoms with Crippen molar-refractivity contribution in [3.05, 3.63) is 51.3 Å². The van der Waals surface area contributed by atoms with Crippen molar-refractivity contribution in [1.29, 1.82) is 0 Å². The second-order valence-electron chi connectivity index (χ2n) is 5.62. The van der Waals surface area contributed by atoms with Crippen LogP contribution in [0.2, 0.25) is 0 Å². The Bertz CT molecular complexity index is 703. The van der Waals surface area contributed by atoms with Gasteiger partial charge in [0.2, 0.25) is 0 Å². The van der Waals surface area contributed by atoms with E-state index in [4.69, 9.17) is 16.3 Å². The minimum Gasteiger partial charge on any atom is -0.443 e. The Morgan fingerprint density at radius 3 is 2.86 bits per heavy atom. The zero-order valence-corrected chi connectivity index (χ0v) is 13.1. The molecule has 0 radical (unpaired) electrons. The average molecular weight is 306 g/mol. The topological polar surface area (TPSA) is 21.6 Å². The number of ether oxygens (including phenoxy) is 1. The fourth-order valence-corrected chi connectivity index (χ4v) is 2.97. The predicted molar refractivity (Wildman–Crippen MR) is 84.1 cm³/mol. The zero-order valence-electron chi connectivity index (χ0n) is 12.3. The third-order valence-electron chi connectivity index (χ3n) is 4.03. The summed E-state index contributed by atoms with van der Waals surface area (Å²) in [6.07, 6.45) is 2.75. The summed E-state index contributed by atoms with van der Waals surface area (Å²) in [6.45, 7) is 6.16. The van der Waals surface area contributed by atoms with Crippen molar-refractivity contribution in [2.45, 2.75) is 33.1 Å².